The Morgan fingerprint density at radius 2 is 2.03 bits per heavy atom. The molecule has 1 aliphatic heterocycles. The molecule has 0 spiro atoms. The number of hydrogen-bond donors (Lipinski definition) is 0. The molecule has 0 N–H and O–H groups in total. The topological polar surface area (TPSA) is 71.1 Å². The minimum Gasteiger partial charge on any atom is -0.472 e. The third-order valence-corrected chi connectivity index (χ3v) is 5.13. The number of nitrogens with zero attached hydrogens (tertiary/aromatic N) is 4. The number of fused-ring (bicyclic) bond motifs is 1. The minimum absolute atomic E-state index is 0.189. The third-order valence-electron chi connectivity index (χ3n) is 4.77. The highest BCUT2D eigenvalue weighted by Crippen LogP contribution is 2.37. The Labute approximate surface area is 167 Å². The molecule has 29 heavy (non-hydrogen) atoms. The van der Waals surface area contributed by atoms with Crippen LogP contribution in [0, 0.1) is 0 Å². The smallest absolute Gasteiger partial charge is 0.420 e. The summed E-state index contributed by atoms with van der Waals surface area (Å²) in [5, 5.41) is -0.257. The second-order valence-corrected chi connectivity index (χ2v) is 7.00. The van der Waals surface area contributed by atoms with Gasteiger partial charge < -0.3 is 14.2 Å². The molecule has 11 heteroatoms. The van der Waals surface area contributed by atoms with Crippen LogP contribution >= 0.6 is 11.6 Å². The molecule has 4 rings (SSSR count). The molecule has 7 nitrogen and oxygen atoms in total. The van der Waals surface area contributed by atoms with Gasteiger partial charge in [0.15, 0.2) is 11.3 Å². The zero-order chi connectivity index (χ0) is 20.9. The van der Waals surface area contributed by atoms with Crippen molar-refractivity contribution < 1.29 is 27.2 Å². The maximum atomic E-state index is 13.7. The van der Waals surface area contributed by atoms with Crippen LogP contribution in [0.15, 0.2) is 35.3 Å². The lowest BCUT2D eigenvalue weighted by Crippen LogP contribution is -2.50. The second kappa shape index (κ2) is 6.80. The summed E-state index contributed by atoms with van der Waals surface area (Å²) in [4.78, 5) is 31.3. The number of pyridine rings is 1. The Bertz CT molecular complexity index is 1110. The molecule has 0 aromatic carbocycles. The highest BCUT2D eigenvalue weighted by Gasteiger charge is 2.37. The van der Waals surface area contributed by atoms with Crippen LogP contribution in [0.1, 0.15) is 16.1 Å². The number of carbonyl (C=O) groups is 2. The first-order chi connectivity index (χ1) is 13.7. The Balaban J connectivity index is 1.84. The molecule has 1 aliphatic rings. The molecule has 0 atom stereocenters. The molecule has 1 fully saturated rings. The van der Waals surface area contributed by atoms with Crippen molar-refractivity contribution in [2.75, 3.05) is 26.7 Å². The van der Waals surface area contributed by atoms with Crippen LogP contribution in [-0.4, -0.2) is 57.7 Å². The normalized spacial score (nSPS) is 15.4. The predicted molar refractivity (Wildman–Crippen MR) is 96.4 cm³/mol. The quantitative estimate of drug-likeness (QED) is 0.631. The molecule has 0 unspecified atom stereocenters. The SMILES string of the molecule is CN1CCN(C(=O)c2nc3c(C(F)(F)F)cc(-c4ccoc4)cn3c2Cl)CC1=O. The fourth-order valence-electron chi connectivity index (χ4n) is 3.13. The number of halogens is 4. The summed E-state index contributed by atoms with van der Waals surface area (Å²) in [5.74, 6) is -0.971. The van der Waals surface area contributed by atoms with Crippen LogP contribution in [0.3, 0.4) is 0 Å². The number of alkyl halides is 3. The average molecular weight is 427 g/mol. The fourth-order valence-corrected chi connectivity index (χ4v) is 3.38. The van der Waals surface area contributed by atoms with Crippen molar-refractivity contribution in [3.05, 3.63) is 47.3 Å². The van der Waals surface area contributed by atoms with Gasteiger partial charge in [0, 0.05) is 37.5 Å². The molecule has 0 bridgehead atoms. The minimum atomic E-state index is -4.72. The van der Waals surface area contributed by atoms with Gasteiger partial charge in [0.25, 0.3) is 5.91 Å². The summed E-state index contributed by atoms with van der Waals surface area (Å²) in [6, 6.07) is 2.44. The molecule has 1 saturated heterocycles. The van der Waals surface area contributed by atoms with Crippen molar-refractivity contribution in [1.82, 2.24) is 19.2 Å². The Morgan fingerprint density at radius 1 is 1.28 bits per heavy atom. The van der Waals surface area contributed by atoms with Gasteiger partial charge in [0.2, 0.25) is 5.91 Å². The zero-order valence-electron chi connectivity index (χ0n) is 15.0. The fraction of sp³-hybridized carbons (Fsp3) is 0.278. The largest absolute Gasteiger partial charge is 0.472 e. The molecule has 152 valence electrons. The van der Waals surface area contributed by atoms with E-state index in [0.29, 0.717) is 12.1 Å². The van der Waals surface area contributed by atoms with Gasteiger partial charge >= 0.3 is 6.18 Å². The van der Waals surface area contributed by atoms with Crippen LogP contribution in [0.2, 0.25) is 5.15 Å². The van der Waals surface area contributed by atoms with Crippen molar-refractivity contribution in [3.8, 4) is 11.1 Å². The summed E-state index contributed by atoms with van der Waals surface area (Å²) in [7, 11) is 1.61. The molecule has 0 saturated carbocycles. The highest BCUT2D eigenvalue weighted by atomic mass is 35.5. The molecule has 0 aliphatic carbocycles. The molecule has 3 aromatic rings. The lowest BCUT2D eigenvalue weighted by molar-refractivity contribution is -0.136. The van der Waals surface area contributed by atoms with Crippen molar-refractivity contribution in [3.63, 3.8) is 0 Å². The molecule has 3 aromatic heterocycles. The lowest BCUT2D eigenvalue weighted by Gasteiger charge is -2.31. The summed E-state index contributed by atoms with van der Waals surface area (Å²) in [6.07, 6.45) is -0.730. The lowest BCUT2D eigenvalue weighted by atomic mass is 10.1. The zero-order valence-corrected chi connectivity index (χ0v) is 15.8. The first-order valence-electron chi connectivity index (χ1n) is 8.51. The first-order valence-corrected chi connectivity index (χ1v) is 8.89. The van der Waals surface area contributed by atoms with E-state index in [9.17, 15) is 22.8 Å². The number of imidazole rings is 1. The Morgan fingerprint density at radius 3 is 2.66 bits per heavy atom. The van der Waals surface area contributed by atoms with Crippen molar-refractivity contribution >= 4 is 29.1 Å². The van der Waals surface area contributed by atoms with Gasteiger partial charge in [-0.05, 0) is 12.1 Å². The average Bonchev–Trinajstić information content (AvgIpc) is 3.30. The summed E-state index contributed by atoms with van der Waals surface area (Å²) < 4.78 is 47.0. The van der Waals surface area contributed by atoms with Gasteiger partial charge in [-0.2, -0.15) is 13.2 Å². The van der Waals surface area contributed by atoms with E-state index in [1.807, 2.05) is 0 Å². The van der Waals surface area contributed by atoms with Crippen molar-refractivity contribution in [2.45, 2.75) is 6.18 Å². The van der Waals surface area contributed by atoms with E-state index in [-0.39, 0.29) is 35.4 Å². The number of carbonyl (C=O) groups excluding carboxylic acids is 2. The Kier molecular flexibility index (Phi) is 4.53. The maximum absolute atomic E-state index is 13.7. The van der Waals surface area contributed by atoms with Gasteiger partial charge in [-0.3, -0.25) is 14.0 Å². The number of rotatable bonds is 2. The Hall–Kier alpha value is -3.01. The monoisotopic (exact) mass is 426 g/mol. The summed E-state index contributed by atoms with van der Waals surface area (Å²) in [6.45, 7) is 0.359. The van der Waals surface area contributed by atoms with Gasteiger partial charge in [0.05, 0.1) is 18.1 Å². The number of likely N-dealkylation sites (N-methyl/N-ethyl adjacent to an activating group) is 1. The van der Waals surface area contributed by atoms with E-state index < -0.39 is 23.3 Å². The van der Waals surface area contributed by atoms with E-state index in [0.717, 1.165) is 10.5 Å². The van der Waals surface area contributed by atoms with Crippen molar-refractivity contribution in [1.29, 1.82) is 0 Å². The standard InChI is InChI=1S/C18H14ClF3N4O3/c1-24-3-4-25(8-13(24)27)17(28)14-15(19)26-7-11(10-2-5-29-9-10)6-12(16(26)23-14)18(20,21)22/h2,5-7,9H,3-4,8H2,1H3. The van der Waals surface area contributed by atoms with E-state index in [4.69, 9.17) is 16.0 Å². The van der Waals surface area contributed by atoms with Crippen molar-refractivity contribution in [2.24, 2.45) is 0 Å². The van der Waals surface area contributed by atoms with Gasteiger partial charge in [-0.15, -0.1) is 0 Å². The van der Waals surface area contributed by atoms with E-state index in [2.05, 4.69) is 4.98 Å². The van der Waals surface area contributed by atoms with E-state index >= 15 is 0 Å². The first kappa shape index (κ1) is 19.3. The molecule has 0 radical (unpaired) electrons. The van der Waals surface area contributed by atoms with E-state index in [1.54, 1.807) is 7.05 Å². The number of piperazine rings is 1. The van der Waals surface area contributed by atoms with Crippen LogP contribution in [-0.2, 0) is 11.0 Å². The molecule has 4 heterocycles. The maximum Gasteiger partial charge on any atom is 0.420 e. The number of furan rings is 1. The molecule has 2 amide bonds. The number of aromatic nitrogens is 2. The predicted octanol–water partition coefficient (Wildman–Crippen LogP) is 3.18. The molecular formula is C18H14ClF3N4O3. The second-order valence-electron chi connectivity index (χ2n) is 6.64. The van der Waals surface area contributed by atoms with Gasteiger partial charge in [-0.25, -0.2) is 4.98 Å². The van der Waals surface area contributed by atoms with Crippen LogP contribution in [0.25, 0.3) is 16.8 Å². The van der Waals surface area contributed by atoms with Gasteiger partial charge in [0.1, 0.15) is 11.7 Å². The highest BCUT2D eigenvalue weighted by molar-refractivity contribution is 6.33. The molecular weight excluding hydrogens is 413 g/mol. The van der Waals surface area contributed by atoms with E-state index in [1.165, 1.54) is 34.6 Å². The van der Waals surface area contributed by atoms with Crippen LogP contribution < -0.4 is 0 Å². The van der Waals surface area contributed by atoms with Gasteiger partial charge in [-0.1, -0.05) is 11.6 Å². The number of amides is 2. The number of hydrogen-bond acceptors (Lipinski definition) is 4. The van der Waals surface area contributed by atoms with Crippen LogP contribution in [0.4, 0.5) is 13.2 Å². The van der Waals surface area contributed by atoms with Crippen LogP contribution in [0.5, 0.6) is 0 Å². The third kappa shape index (κ3) is 3.33. The summed E-state index contributed by atoms with van der Waals surface area (Å²) in [5.41, 5.74) is -1.24. The summed E-state index contributed by atoms with van der Waals surface area (Å²) >= 11 is 6.26.